The number of amides is 1. The highest BCUT2D eigenvalue weighted by atomic mass is 35.5. The third-order valence-electron chi connectivity index (χ3n) is 2.55. The molecular weight excluding hydrogens is 280 g/mol. The summed E-state index contributed by atoms with van der Waals surface area (Å²) in [6.45, 7) is 5.84. The van der Waals surface area contributed by atoms with Gasteiger partial charge in [-0.25, -0.2) is 4.79 Å². The smallest absolute Gasteiger partial charge is 0.330 e. The SMILES string of the molecule is Cn1cc(Cl)cc1C(=O)NC(/C=C/C(C)(C)C)C(=O)O. The summed E-state index contributed by atoms with van der Waals surface area (Å²) in [6.07, 6.45) is 4.81. The van der Waals surface area contributed by atoms with Crippen molar-refractivity contribution in [1.29, 1.82) is 0 Å². The summed E-state index contributed by atoms with van der Waals surface area (Å²) in [4.78, 5) is 23.2. The van der Waals surface area contributed by atoms with Gasteiger partial charge >= 0.3 is 5.97 Å². The van der Waals surface area contributed by atoms with Crippen molar-refractivity contribution in [2.24, 2.45) is 12.5 Å². The average Bonchev–Trinajstić information content (AvgIpc) is 2.61. The second kappa shape index (κ2) is 6.13. The molecule has 1 amide bonds. The fourth-order valence-electron chi connectivity index (χ4n) is 1.54. The lowest BCUT2D eigenvalue weighted by molar-refractivity contribution is -0.137. The molecule has 0 fully saturated rings. The monoisotopic (exact) mass is 298 g/mol. The van der Waals surface area contributed by atoms with Gasteiger partial charge in [-0.05, 0) is 11.5 Å². The molecule has 0 aliphatic rings. The maximum atomic E-state index is 12.0. The van der Waals surface area contributed by atoms with Gasteiger partial charge in [0.15, 0.2) is 0 Å². The number of carboxylic acids is 1. The minimum Gasteiger partial charge on any atom is -0.479 e. The summed E-state index contributed by atoms with van der Waals surface area (Å²) in [5, 5.41) is 12.0. The van der Waals surface area contributed by atoms with Crippen LogP contribution in [0.1, 0.15) is 31.3 Å². The zero-order valence-electron chi connectivity index (χ0n) is 12.0. The molecule has 0 saturated heterocycles. The summed E-state index contributed by atoms with van der Waals surface area (Å²) in [5.74, 6) is -1.59. The lowest BCUT2D eigenvalue weighted by Crippen LogP contribution is -2.40. The maximum Gasteiger partial charge on any atom is 0.330 e. The maximum absolute atomic E-state index is 12.0. The fraction of sp³-hybridized carbons (Fsp3) is 0.429. The van der Waals surface area contributed by atoms with Crippen LogP contribution in [-0.4, -0.2) is 27.6 Å². The van der Waals surface area contributed by atoms with Crippen molar-refractivity contribution in [2.75, 3.05) is 0 Å². The predicted octanol–water partition coefficient (Wildman–Crippen LogP) is 2.46. The first-order chi connectivity index (χ1) is 9.10. The Morgan fingerprint density at radius 3 is 2.45 bits per heavy atom. The molecule has 1 unspecified atom stereocenters. The molecule has 5 nitrogen and oxygen atoms in total. The number of halogens is 1. The third kappa shape index (κ3) is 4.74. The number of aromatic nitrogens is 1. The molecule has 0 radical (unpaired) electrons. The van der Waals surface area contributed by atoms with Crippen LogP contribution in [-0.2, 0) is 11.8 Å². The van der Waals surface area contributed by atoms with Crippen LogP contribution in [0.5, 0.6) is 0 Å². The Morgan fingerprint density at radius 2 is 2.05 bits per heavy atom. The molecule has 1 rings (SSSR count). The Balaban J connectivity index is 2.86. The Bertz CT molecular complexity index is 541. The minimum absolute atomic E-state index is 0.160. The van der Waals surface area contributed by atoms with Crippen molar-refractivity contribution >= 4 is 23.5 Å². The van der Waals surface area contributed by atoms with Crippen LogP contribution in [0.3, 0.4) is 0 Å². The highest BCUT2D eigenvalue weighted by Gasteiger charge is 2.20. The van der Waals surface area contributed by atoms with E-state index in [0.29, 0.717) is 10.7 Å². The number of nitrogens with one attached hydrogen (secondary N) is 1. The van der Waals surface area contributed by atoms with Gasteiger partial charge in [0.05, 0.1) is 5.02 Å². The van der Waals surface area contributed by atoms with Crippen molar-refractivity contribution < 1.29 is 14.7 Å². The van der Waals surface area contributed by atoms with Gasteiger partial charge in [-0.3, -0.25) is 4.79 Å². The number of carbonyl (C=O) groups is 2. The normalized spacial score (nSPS) is 13.4. The summed E-state index contributed by atoms with van der Waals surface area (Å²) < 4.78 is 1.55. The highest BCUT2D eigenvalue weighted by Crippen LogP contribution is 2.15. The standard InChI is InChI=1S/C14H19ClN2O3/c1-14(2,3)6-5-10(13(19)20)16-12(18)11-7-9(15)8-17(11)4/h5-8,10H,1-4H3,(H,16,18)(H,19,20)/b6-5+. The van der Waals surface area contributed by atoms with Crippen molar-refractivity contribution in [2.45, 2.75) is 26.8 Å². The molecular formula is C14H19ClN2O3. The van der Waals surface area contributed by atoms with Gasteiger partial charge in [-0.1, -0.05) is 44.5 Å². The molecule has 0 bridgehead atoms. The molecule has 0 aliphatic heterocycles. The molecule has 6 heteroatoms. The van der Waals surface area contributed by atoms with E-state index in [9.17, 15) is 9.59 Å². The molecule has 1 atom stereocenters. The second-order valence-corrected chi connectivity index (χ2v) is 6.11. The number of allylic oxidation sites excluding steroid dienone is 1. The van der Waals surface area contributed by atoms with Crippen LogP contribution in [0.2, 0.25) is 5.02 Å². The zero-order valence-corrected chi connectivity index (χ0v) is 12.7. The van der Waals surface area contributed by atoms with E-state index in [1.807, 2.05) is 20.8 Å². The second-order valence-electron chi connectivity index (χ2n) is 5.67. The van der Waals surface area contributed by atoms with Gasteiger partial charge in [0.25, 0.3) is 5.91 Å². The van der Waals surface area contributed by atoms with Crippen LogP contribution < -0.4 is 5.32 Å². The van der Waals surface area contributed by atoms with E-state index in [2.05, 4.69) is 5.32 Å². The molecule has 0 spiro atoms. The van der Waals surface area contributed by atoms with Crippen molar-refractivity contribution in [3.63, 3.8) is 0 Å². The first-order valence-corrected chi connectivity index (χ1v) is 6.53. The molecule has 20 heavy (non-hydrogen) atoms. The fourth-order valence-corrected chi connectivity index (χ4v) is 1.79. The Hall–Kier alpha value is -1.75. The number of hydrogen-bond acceptors (Lipinski definition) is 2. The summed E-state index contributed by atoms with van der Waals surface area (Å²) >= 11 is 5.80. The van der Waals surface area contributed by atoms with Gasteiger partial charge in [0.2, 0.25) is 0 Å². The largest absolute Gasteiger partial charge is 0.479 e. The van der Waals surface area contributed by atoms with E-state index in [4.69, 9.17) is 16.7 Å². The molecule has 0 saturated carbocycles. The van der Waals surface area contributed by atoms with Gasteiger partial charge < -0.3 is 15.0 Å². The van der Waals surface area contributed by atoms with Crippen molar-refractivity contribution in [3.8, 4) is 0 Å². The molecule has 0 aliphatic carbocycles. The first kappa shape index (κ1) is 16.3. The van der Waals surface area contributed by atoms with Gasteiger partial charge in [0, 0.05) is 13.2 Å². The van der Waals surface area contributed by atoms with Crippen molar-refractivity contribution in [3.05, 3.63) is 35.1 Å². The number of carboxylic acid groups (broad SMARTS) is 1. The van der Waals surface area contributed by atoms with E-state index in [0.717, 1.165) is 0 Å². The Kier molecular flexibility index (Phi) is 5.00. The van der Waals surface area contributed by atoms with E-state index in [1.54, 1.807) is 23.9 Å². The quantitative estimate of drug-likeness (QED) is 0.839. The molecule has 1 aromatic rings. The Morgan fingerprint density at radius 1 is 1.45 bits per heavy atom. The third-order valence-corrected chi connectivity index (χ3v) is 2.75. The molecule has 0 aromatic carbocycles. The number of nitrogens with zero attached hydrogens (tertiary/aromatic N) is 1. The van der Waals surface area contributed by atoms with Gasteiger partial charge in [-0.15, -0.1) is 0 Å². The summed E-state index contributed by atoms with van der Waals surface area (Å²) in [5.41, 5.74) is 0.151. The van der Waals surface area contributed by atoms with E-state index in [1.165, 1.54) is 12.1 Å². The number of aryl methyl sites for hydroxylation is 1. The number of aliphatic carboxylic acids is 1. The first-order valence-electron chi connectivity index (χ1n) is 6.15. The topological polar surface area (TPSA) is 71.3 Å². The number of carbonyl (C=O) groups excluding carboxylic acids is 1. The summed E-state index contributed by atoms with van der Waals surface area (Å²) in [6, 6.07) is 0.416. The number of hydrogen-bond donors (Lipinski definition) is 2. The van der Waals surface area contributed by atoms with Crippen LogP contribution in [0.25, 0.3) is 0 Å². The number of rotatable bonds is 4. The van der Waals surface area contributed by atoms with Crippen molar-refractivity contribution in [1.82, 2.24) is 9.88 Å². The van der Waals surface area contributed by atoms with Crippen LogP contribution in [0, 0.1) is 5.41 Å². The van der Waals surface area contributed by atoms with E-state index < -0.39 is 17.9 Å². The molecule has 1 aromatic heterocycles. The molecule has 1 heterocycles. The van der Waals surface area contributed by atoms with Gasteiger partial charge in [0.1, 0.15) is 11.7 Å². The Labute approximate surface area is 123 Å². The van der Waals surface area contributed by atoms with E-state index in [-0.39, 0.29) is 5.41 Å². The molecule has 2 N–H and O–H groups in total. The van der Waals surface area contributed by atoms with E-state index >= 15 is 0 Å². The predicted molar refractivity (Wildman–Crippen MR) is 77.9 cm³/mol. The highest BCUT2D eigenvalue weighted by molar-refractivity contribution is 6.31. The summed E-state index contributed by atoms with van der Waals surface area (Å²) in [7, 11) is 1.67. The average molecular weight is 299 g/mol. The minimum atomic E-state index is -1.11. The van der Waals surface area contributed by atoms with Crippen LogP contribution in [0.15, 0.2) is 24.4 Å². The zero-order chi connectivity index (χ0) is 15.5. The van der Waals surface area contributed by atoms with Crippen LogP contribution in [0.4, 0.5) is 0 Å². The molecule has 110 valence electrons. The van der Waals surface area contributed by atoms with Gasteiger partial charge in [-0.2, -0.15) is 0 Å². The lowest BCUT2D eigenvalue weighted by Gasteiger charge is -2.15. The van der Waals surface area contributed by atoms with Crippen LogP contribution >= 0.6 is 11.6 Å². The lowest BCUT2D eigenvalue weighted by atomic mass is 9.95.